The number of quaternary nitrogens is 1. The molecular formula is C27H56N2O6P+. The summed E-state index contributed by atoms with van der Waals surface area (Å²) in [5.74, 6) is -0.355. The highest BCUT2D eigenvalue weighted by Gasteiger charge is 2.27. The molecule has 0 aliphatic carbocycles. The van der Waals surface area contributed by atoms with Crippen LogP contribution in [0.3, 0.4) is 0 Å². The predicted octanol–water partition coefficient (Wildman–Crippen LogP) is 5.73. The minimum Gasteiger partial charge on any atom is -0.387 e. The number of aliphatic hydroxyl groups is 1. The molecule has 3 atom stereocenters. The molecule has 0 heterocycles. The molecule has 0 aromatic rings. The Morgan fingerprint density at radius 3 is 1.89 bits per heavy atom. The maximum absolute atomic E-state index is 12.1. The number of amides is 1. The number of likely N-dealkylation sites (N-methyl/N-ethyl adjacent to an activating group) is 1. The van der Waals surface area contributed by atoms with Crippen molar-refractivity contribution in [3.05, 3.63) is 12.2 Å². The third-order valence-corrected chi connectivity index (χ3v) is 7.03. The molecule has 0 rings (SSSR count). The highest BCUT2D eigenvalue weighted by molar-refractivity contribution is 7.47. The lowest BCUT2D eigenvalue weighted by Gasteiger charge is -2.25. The van der Waals surface area contributed by atoms with E-state index in [0.29, 0.717) is 11.0 Å². The second-order valence-electron chi connectivity index (χ2n) is 10.9. The number of rotatable bonds is 24. The second-order valence-corrected chi connectivity index (χ2v) is 12.3. The van der Waals surface area contributed by atoms with E-state index < -0.39 is 20.0 Å². The molecule has 3 N–H and O–H groups in total. The lowest BCUT2D eigenvalue weighted by molar-refractivity contribution is -0.870. The first kappa shape index (κ1) is 35.2. The van der Waals surface area contributed by atoms with Gasteiger partial charge in [0.05, 0.1) is 39.9 Å². The Labute approximate surface area is 221 Å². The molecule has 1 amide bonds. The first-order valence-corrected chi connectivity index (χ1v) is 15.5. The quantitative estimate of drug-likeness (QED) is 0.0631. The summed E-state index contributed by atoms with van der Waals surface area (Å²) in [4.78, 5) is 21.4. The fraction of sp³-hybridized carbons (Fsp3) is 0.889. The standard InChI is InChI=1S/C27H55N2O6P/c1-6-7-8-9-10-11-12-13-14-15-16-17-18-19-20-21-27(31)26(28-25(2)30)24-35-36(32,33)34-23-22-29(3,4)5/h20-21,26-27,31H,6-19,22-24H2,1-5H3,(H-,28,30,32,33)/p+1/b21-20+. The van der Waals surface area contributed by atoms with Gasteiger partial charge >= 0.3 is 7.82 Å². The van der Waals surface area contributed by atoms with Gasteiger partial charge in [-0.05, 0) is 12.8 Å². The zero-order chi connectivity index (χ0) is 27.3. The number of carbonyl (C=O) groups excluding carboxylic acids is 1. The number of nitrogens with zero attached hydrogens (tertiary/aromatic N) is 1. The van der Waals surface area contributed by atoms with E-state index in [1.807, 2.05) is 27.2 Å². The Morgan fingerprint density at radius 2 is 1.42 bits per heavy atom. The van der Waals surface area contributed by atoms with E-state index in [9.17, 15) is 19.4 Å². The summed E-state index contributed by atoms with van der Waals surface area (Å²) < 4.78 is 22.7. The summed E-state index contributed by atoms with van der Waals surface area (Å²) in [6.07, 6.45) is 20.3. The van der Waals surface area contributed by atoms with Crippen LogP contribution >= 0.6 is 7.82 Å². The van der Waals surface area contributed by atoms with Crippen LogP contribution in [-0.4, -0.2) is 73.4 Å². The zero-order valence-electron chi connectivity index (χ0n) is 23.8. The molecule has 36 heavy (non-hydrogen) atoms. The van der Waals surface area contributed by atoms with E-state index in [4.69, 9.17) is 9.05 Å². The maximum atomic E-state index is 12.1. The van der Waals surface area contributed by atoms with Gasteiger partial charge in [0.15, 0.2) is 0 Å². The molecular weight excluding hydrogens is 479 g/mol. The highest BCUT2D eigenvalue weighted by atomic mass is 31.2. The van der Waals surface area contributed by atoms with Crippen molar-refractivity contribution in [3.8, 4) is 0 Å². The van der Waals surface area contributed by atoms with E-state index >= 15 is 0 Å². The molecule has 214 valence electrons. The maximum Gasteiger partial charge on any atom is 0.472 e. The van der Waals surface area contributed by atoms with E-state index in [1.54, 1.807) is 6.08 Å². The fourth-order valence-corrected chi connectivity index (χ4v) is 4.51. The SMILES string of the molecule is CCCCCCCCCCCCCCC/C=C/C(O)C(COP(=O)(O)OCC[N+](C)(C)C)NC(C)=O. The topological polar surface area (TPSA) is 105 Å². The molecule has 0 aromatic heterocycles. The van der Waals surface area contributed by atoms with Crippen LogP contribution in [0.5, 0.6) is 0 Å². The minimum atomic E-state index is -4.27. The van der Waals surface area contributed by atoms with Gasteiger partial charge in [0.25, 0.3) is 0 Å². The number of unbranched alkanes of at least 4 members (excludes halogenated alkanes) is 13. The molecule has 8 nitrogen and oxygen atoms in total. The Morgan fingerprint density at radius 1 is 0.917 bits per heavy atom. The van der Waals surface area contributed by atoms with Gasteiger partial charge in [-0.3, -0.25) is 13.8 Å². The van der Waals surface area contributed by atoms with Crippen molar-refractivity contribution in [2.24, 2.45) is 0 Å². The van der Waals surface area contributed by atoms with Crippen molar-refractivity contribution in [1.82, 2.24) is 5.32 Å². The Balaban J connectivity index is 4.06. The largest absolute Gasteiger partial charge is 0.472 e. The average Bonchev–Trinajstić information content (AvgIpc) is 2.77. The van der Waals surface area contributed by atoms with Crippen molar-refractivity contribution in [2.45, 2.75) is 116 Å². The van der Waals surface area contributed by atoms with E-state index in [0.717, 1.165) is 19.3 Å². The molecule has 0 aromatic carbocycles. The molecule has 0 fully saturated rings. The lowest BCUT2D eigenvalue weighted by atomic mass is 10.0. The molecule has 0 aliphatic rings. The number of nitrogens with one attached hydrogen (secondary N) is 1. The monoisotopic (exact) mass is 535 g/mol. The van der Waals surface area contributed by atoms with Crippen molar-refractivity contribution in [3.63, 3.8) is 0 Å². The number of hydrogen-bond acceptors (Lipinski definition) is 5. The molecule has 0 aliphatic heterocycles. The molecule has 9 heteroatoms. The molecule has 0 spiro atoms. The van der Waals surface area contributed by atoms with Gasteiger partial charge in [-0.25, -0.2) is 4.57 Å². The summed E-state index contributed by atoms with van der Waals surface area (Å²) in [6.45, 7) is 3.84. The van der Waals surface area contributed by atoms with Gasteiger partial charge in [0, 0.05) is 6.92 Å². The molecule has 3 unspecified atom stereocenters. The Hall–Kier alpha value is -0.760. The zero-order valence-corrected chi connectivity index (χ0v) is 24.6. The summed E-state index contributed by atoms with van der Waals surface area (Å²) in [5, 5.41) is 13.0. The third-order valence-electron chi connectivity index (χ3n) is 6.04. The minimum absolute atomic E-state index is 0.0592. The van der Waals surface area contributed by atoms with Gasteiger partial charge in [-0.15, -0.1) is 0 Å². The first-order chi connectivity index (χ1) is 17.0. The second kappa shape index (κ2) is 21.2. The average molecular weight is 536 g/mol. The van der Waals surface area contributed by atoms with E-state index in [-0.39, 0.29) is 19.1 Å². The molecule has 0 bridgehead atoms. The number of phosphoric ester groups is 1. The van der Waals surface area contributed by atoms with E-state index in [2.05, 4.69) is 12.2 Å². The van der Waals surface area contributed by atoms with Crippen molar-refractivity contribution in [2.75, 3.05) is 40.9 Å². The van der Waals surface area contributed by atoms with Crippen molar-refractivity contribution >= 4 is 13.7 Å². The number of hydrogen-bond donors (Lipinski definition) is 3. The fourth-order valence-electron chi connectivity index (χ4n) is 3.78. The van der Waals surface area contributed by atoms with Crippen LogP contribution in [-0.2, 0) is 18.4 Å². The van der Waals surface area contributed by atoms with Gasteiger partial charge in [-0.1, -0.05) is 96.1 Å². The van der Waals surface area contributed by atoms with Gasteiger partial charge in [0.2, 0.25) is 5.91 Å². The van der Waals surface area contributed by atoms with Gasteiger partial charge < -0.3 is 19.8 Å². The first-order valence-electron chi connectivity index (χ1n) is 14.0. The lowest BCUT2D eigenvalue weighted by Crippen LogP contribution is -2.44. The van der Waals surface area contributed by atoms with Crippen LogP contribution < -0.4 is 5.32 Å². The molecule has 0 saturated heterocycles. The molecule has 0 radical (unpaired) electrons. The Bertz CT molecular complexity index is 624. The number of carbonyl (C=O) groups is 1. The smallest absolute Gasteiger partial charge is 0.387 e. The van der Waals surface area contributed by atoms with Crippen LogP contribution in [0.2, 0.25) is 0 Å². The summed E-state index contributed by atoms with van der Waals surface area (Å²) in [5.41, 5.74) is 0. The van der Waals surface area contributed by atoms with Gasteiger partial charge in [0.1, 0.15) is 13.2 Å². The predicted molar refractivity (Wildman–Crippen MR) is 148 cm³/mol. The number of phosphoric acid groups is 1. The van der Waals surface area contributed by atoms with Crippen LogP contribution in [0, 0.1) is 0 Å². The normalized spacial score (nSPS) is 15.6. The highest BCUT2D eigenvalue weighted by Crippen LogP contribution is 2.43. The van der Waals surface area contributed by atoms with E-state index in [1.165, 1.54) is 77.6 Å². The summed E-state index contributed by atoms with van der Waals surface area (Å²) in [7, 11) is 1.56. The van der Waals surface area contributed by atoms with Crippen LogP contribution in [0.1, 0.15) is 104 Å². The van der Waals surface area contributed by atoms with Crippen LogP contribution in [0.25, 0.3) is 0 Å². The molecule has 0 saturated carbocycles. The van der Waals surface area contributed by atoms with Crippen LogP contribution in [0.4, 0.5) is 0 Å². The number of aliphatic hydroxyl groups excluding tert-OH is 1. The third kappa shape index (κ3) is 23.6. The van der Waals surface area contributed by atoms with Crippen molar-refractivity contribution < 1.29 is 32.9 Å². The Kier molecular flexibility index (Phi) is 20.8. The van der Waals surface area contributed by atoms with Crippen LogP contribution in [0.15, 0.2) is 12.2 Å². The summed E-state index contributed by atoms with van der Waals surface area (Å²) in [6, 6.07) is -0.840. The van der Waals surface area contributed by atoms with Crippen molar-refractivity contribution in [1.29, 1.82) is 0 Å². The van der Waals surface area contributed by atoms with Gasteiger partial charge in [-0.2, -0.15) is 0 Å². The number of allylic oxidation sites excluding steroid dienone is 1. The summed E-state index contributed by atoms with van der Waals surface area (Å²) >= 11 is 0.